The van der Waals surface area contributed by atoms with E-state index in [2.05, 4.69) is 23.6 Å². The van der Waals surface area contributed by atoms with Gasteiger partial charge in [-0.2, -0.15) is 0 Å². The van der Waals surface area contributed by atoms with E-state index in [1.165, 1.54) is 10.4 Å². The first kappa shape index (κ1) is 18.1. The second-order valence-electron chi connectivity index (χ2n) is 6.45. The molecule has 3 nitrogen and oxygen atoms in total. The van der Waals surface area contributed by atoms with Crippen molar-refractivity contribution in [3.63, 3.8) is 0 Å². The molecule has 0 saturated carbocycles. The maximum Gasteiger partial charge on any atom is 0.254 e. The van der Waals surface area contributed by atoms with Crippen LogP contribution in [0.2, 0.25) is 0 Å². The average molecular weight is 396 g/mol. The monoisotopic (exact) mass is 395 g/mol. The molecule has 1 aromatic heterocycles. The van der Waals surface area contributed by atoms with Crippen LogP contribution < -0.4 is 4.74 Å². The number of ether oxygens (including phenoxy) is 1. The Labute approximate surface area is 168 Å². The Bertz CT molecular complexity index is 932. The highest BCUT2D eigenvalue weighted by atomic mass is 32.2. The second-order valence-corrected chi connectivity index (χ2v) is 8.33. The number of methoxy groups -OCH3 is 1. The molecule has 0 N–H and O–H groups in total. The Hall–Kier alpha value is -2.24. The lowest BCUT2D eigenvalue weighted by Crippen LogP contribution is -2.40. The molecular weight excluding hydrogens is 374 g/mol. The fraction of sp³-hybridized carbons (Fsp3) is 0.227. The standard InChI is InChI=1S/C22H21NO2S2/c1-25-17-7-3-15(4-8-17)21-19-12-14-27-20(19)11-13-23(21)22(24)16-5-9-18(26-2)10-6-16/h3-10,12,14,21H,11,13H2,1-2H3. The van der Waals surface area contributed by atoms with Crippen LogP contribution in [0.15, 0.2) is 64.9 Å². The molecule has 1 amide bonds. The molecule has 2 heterocycles. The van der Waals surface area contributed by atoms with Crippen LogP contribution in [0.3, 0.4) is 0 Å². The molecular formula is C22H21NO2S2. The molecule has 1 aliphatic rings. The summed E-state index contributed by atoms with van der Waals surface area (Å²) in [5.41, 5.74) is 3.10. The minimum absolute atomic E-state index is 0.0568. The molecule has 0 aliphatic carbocycles. The fourth-order valence-corrected chi connectivity index (χ4v) is 4.89. The van der Waals surface area contributed by atoms with E-state index in [4.69, 9.17) is 4.74 Å². The summed E-state index contributed by atoms with van der Waals surface area (Å²) >= 11 is 3.46. The fourth-order valence-electron chi connectivity index (χ4n) is 3.58. The molecule has 0 bridgehead atoms. The minimum Gasteiger partial charge on any atom is -0.497 e. The summed E-state index contributed by atoms with van der Waals surface area (Å²) in [5, 5.41) is 2.13. The van der Waals surface area contributed by atoms with Crippen molar-refractivity contribution in [1.82, 2.24) is 4.90 Å². The Kier molecular flexibility index (Phi) is 5.23. The highest BCUT2D eigenvalue weighted by Gasteiger charge is 2.33. The number of thioether (sulfide) groups is 1. The zero-order valence-electron chi connectivity index (χ0n) is 15.3. The summed E-state index contributed by atoms with van der Waals surface area (Å²) in [5.74, 6) is 0.908. The van der Waals surface area contributed by atoms with Gasteiger partial charge in [0.2, 0.25) is 0 Å². The van der Waals surface area contributed by atoms with E-state index >= 15 is 0 Å². The SMILES string of the molecule is COc1ccc(C2c3ccsc3CCN2C(=O)c2ccc(SC)cc2)cc1. The summed E-state index contributed by atoms with van der Waals surface area (Å²) in [7, 11) is 1.67. The smallest absolute Gasteiger partial charge is 0.254 e. The lowest BCUT2D eigenvalue weighted by Gasteiger charge is -2.36. The molecule has 0 saturated heterocycles. The van der Waals surface area contributed by atoms with E-state index in [-0.39, 0.29) is 11.9 Å². The summed E-state index contributed by atoms with van der Waals surface area (Å²) in [6, 6.07) is 18.0. The van der Waals surface area contributed by atoms with Gasteiger partial charge in [-0.1, -0.05) is 12.1 Å². The molecule has 1 atom stereocenters. The van der Waals surface area contributed by atoms with Crippen molar-refractivity contribution < 1.29 is 9.53 Å². The van der Waals surface area contributed by atoms with Gasteiger partial charge in [0.25, 0.3) is 5.91 Å². The largest absolute Gasteiger partial charge is 0.497 e. The van der Waals surface area contributed by atoms with Crippen LogP contribution in [-0.2, 0) is 6.42 Å². The van der Waals surface area contributed by atoms with Crippen molar-refractivity contribution in [2.45, 2.75) is 17.4 Å². The van der Waals surface area contributed by atoms with Gasteiger partial charge >= 0.3 is 0 Å². The summed E-state index contributed by atoms with van der Waals surface area (Å²) in [6.07, 6.45) is 2.95. The number of thiophene rings is 1. The highest BCUT2D eigenvalue weighted by molar-refractivity contribution is 7.98. The molecule has 5 heteroatoms. The van der Waals surface area contributed by atoms with Crippen molar-refractivity contribution in [1.29, 1.82) is 0 Å². The van der Waals surface area contributed by atoms with E-state index in [1.807, 2.05) is 47.6 Å². The highest BCUT2D eigenvalue weighted by Crippen LogP contribution is 2.39. The predicted molar refractivity (Wildman–Crippen MR) is 112 cm³/mol. The van der Waals surface area contributed by atoms with Gasteiger partial charge in [0.05, 0.1) is 13.2 Å². The van der Waals surface area contributed by atoms with Crippen LogP contribution >= 0.6 is 23.1 Å². The van der Waals surface area contributed by atoms with Crippen molar-refractivity contribution in [2.75, 3.05) is 19.9 Å². The lowest BCUT2D eigenvalue weighted by atomic mass is 9.92. The number of hydrogen-bond acceptors (Lipinski definition) is 4. The second kappa shape index (κ2) is 7.79. The molecule has 1 aliphatic heterocycles. The van der Waals surface area contributed by atoms with Crippen molar-refractivity contribution in [2.24, 2.45) is 0 Å². The maximum atomic E-state index is 13.3. The van der Waals surface area contributed by atoms with Gasteiger partial charge in [0.15, 0.2) is 0 Å². The van der Waals surface area contributed by atoms with E-state index in [1.54, 1.807) is 30.2 Å². The summed E-state index contributed by atoms with van der Waals surface area (Å²) in [6.45, 7) is 0.729. The van der Waals surface area contributed by atoms with Crippen molar-refractivity contribution in [3.8, 4) is 5.75 Å². The molecule has 1 unspecified atom stereocenters. The number of carbonyl (C=O) groups excluding carboxylic acids is 1. The van der Waals surface area contributed by atoms with Crippen LogP contribution in [0.25, 0.3) is 0 Å². The van der Waals surface area contributed by atoms with Crippen LogP contribution in [0, 0.1) is 0 Å². The third-order valence-corrected chi connectivity index (χ3v) is 6.74. The number of rotatable bonds is 4. The first-order chi connectivity index (χ1) is 13.2. The number of carbonyl (C=O) groups is 1. The molecule has 4 rings (SSSR count). The number of fused-ring (bicyclic) bond motifs is 1. The molecule has 2 aromatic carbocycles. The number of amides is 1. The zero-order valence-corrected chi connectivity index (χ0v) is 17.0. The van der Waals surface area contributed by atoms with Crippen LogP contribution in [-0.4, -0.2) is 30.7 Å². The van der Waals surface area contributed by atoms with E-state index in [9.17, 15) is 4.79 Å². The van der Waals surface area contributed by atoms with Crippen LogP contribution in [0.1, 0.15) is 32.4 Å². The normalized spacial score (nSPS) is 16.1. The Balaban J connectivity index is 1.72. The topological polar surface area (TPSA) is 29.5 Å². The zero-order chi connectivity index (χ0) is 18.8. The third kappa shape index (κ3) is 3.49. The Morgan fingerprint density at radius 2 is 1.85 bits per heavy atom. The van der Waals surface area contributed by atoms with Gasteiger partial charge in [-0.15, -0.1) is 23.1 Å². The maximum absolute atomic E-state index is 13.3. The minimum atomic E-state index is -0.0568. The quantitative estimate of drug-likeness (QED) is 0.564. The first-order valence-corrected chi connectivity index (χ1v) is 11.0. The van der Waals surface area contributed by atoms with Gasteiger partial charge in [-0.25, -0.2) is 0 Å². The molecule has 0 spiro atoms. The van der Waals surface area contributed by atoms with Crippen molar-refractivity contribution >= 4 is 29.0 Å². The van der Waals surface area contributed by atoms with Gasteiger partial charge in [-0.3, -0.25) is 4.79 Å². The van der Waals surface area contributed by atoms with Gasteiger partial charge in [0, 0.05) is 21.9 Å². The Morgan fingerprint density at radius 3 is 2.52 bits per heavy atom. The lowest BCUT2D eigenvalue weighted by molar-refractivity contribution is 0.0696. The number of hydrogen-bond donors (Lipinski definition) is 0. The molecule has 0 fully saturated rings. The average Bonchev–Trinajstić information content (AvgIpc) is 3.21. The van der Waals surface area contributed by atoms with E-state index < -0.39 is 0 Å². The van der Waals surface area contributed by atoms with Gasteiger partial charge in [0.1, 0.15) is 5.75 Å². The Morgan fingerprint density at radius 1 is 1.11 bits per heavy atom. The van der Waals surface area contributed by atoms with Crippen molar-refractivity contribution in [3.05, 3.63) is 81.5 Å². The third-order valence-electron chi connectivity index (χ3n) is 5.00. The first-order valence-electron chi connectivity index (χ1n) is 8.86. The molecule has 27 heavy (non-hydrogen) atoms. The van der Waals surface area contributed by atoms with E-state index in [0.29, 0.717) is 0 Å². The van der Waals surface area contributed by atoms with Gasteiger partial charge in [-0.05, 0) is 71.6 Å². The molecule has 3 aromatic rings. The molecule has 0 radical (unpaired) electrons. The van der Waals surface area contributed by atoms with Crippen LogP contribution in [0.5, 0.6) is 5.75 Å². The summed E-state index contributed by atoms with van der Waals surface area (Å²) in [4.78, 5) is 17.9. The number of nitrogens with zero attached hydrogens (tertiary/aromatic N) is 1. The summed E-state index contributed by atoms with van der Waals surface area (Å²) < 4.78 is 5.30. The number of benzene rings is 2. The molecule has 138 valence electrons. The van der Waals surface area contributed by atoms with E-state index in [0.717, 1.165) is 34.7 Å². The van der Waals surface area contributed by atoms with Crippen LogP contribution in [0.4, 0.5) is 0 Å². The van der Waals surface area contributed by atoms with Gasteiger partial charge < -0.3 is 9.64 Å². The predicted octanol–water partition coefficient (Wildman–Crippen LogP) is 5.27.